The van der Waals surface area contributed by atoms with Crippen molar-refractivity contribution in [2.24, 2.45) is 0 Å². The van der Waals surface area contributed by atoms with Crippen molar-refractivity contribution >= 4 is 42.7 Å². The van der Waals surface area contributed by atoms with E-state index in [-0.39, 0.29) is 5.97 Å². The van der Waals surface area contributed by atoms with Crippen LogP contribution in [0.25, 0.3) is 0 Å². The standard InChI is InChI=1S/C26H23BrNO2P/c1-30-26(29)24-17-8-9-18-25(24)31(27,22-13-4-2-5-14-22,23-15-6-3-7-16-23)20-21-12-10-11-19-28-21/h2-19H,20H2,1H3. The van der Waals surface area contributed by atoms with Crippen LogP contribution >= 0.6 is 20.8 Å². The summed E-state index contributed by atoms with van der Waals surface area (Å²) in [6, 6.07) is 34.4. The number of halogens is 1. The van der Waals surface area contributed by atoms with Gasteiger partial charge in [-0.25, -0.2) is 0 Å². The normalized spacial score (nSPS) is 12.5. The van der Waals surface area contributed by atoms with E-state index in [9.17, 15) is 4.79 Å². The summed E-state index contributed by atoms with van der Waals surface area (Å²) in [4.78, 5) is 17.6. The van der Waals surface area contributed by atoms with E-state index < -0.39 is 5.31 Å². The topological polar surface area (TPSA) is 39.2 Å². The van der Waals surface area contributed by atoms with Crippen molar-refractivity contribution in [3.05, 3.63) is 121 Å². The van der Waals surface area contributed by atoms with Crippen LogP contribution in [0, 0.1) is 0 Å². The fourth-order valence-electron chi connectivity index (χ4n) is 4.13. The molecular formula is C26H23BrNO2P. The van der Waals surface area contributed by atoms with Gasteiger partial charge in [-0.3, -0.25) is 0 Å². The number of pyridine rings is 1. The Morgan fingerprint density at radius 3 is 1.90 bits per heavy atom. The van der Waals surface area contributed by atoms with Gasteiger partial charge < -0.3 is 0 Å². The number of ether oxygens (including phenoxy) is 1. The van der Waals surface area contributed by atoms with Crippen LogP contribution in [0.3, 0.4) is 0 Å². The molecule has 156 valence electrons. The zero-order valence-electron chi connectivity index (χ0n) is 17.2. The van der Waals surface area contributed by atoms with E-state index in [0.29, 0.717) is 11.7 Å². The van der Waals surface area contributed by atoms with Gasteiger partial charge in [0, 0.05) is 0 Å². The van der Waals surface area contributed by atoms with E-state index in [0.717, 1.165) is 21.6 Å². The number of nitrogens with zero attached hydrogens (tertiary/aromatic N) is 1. The molecule has 5 heteroatoms. The molecule has 0 amide bonds. The average molecular weight is 492 g/mol. The molecule has 0 spiro atoms. The van der Waals surface area contributed by atoms with Crippen molar-refractivity contribution in [1.29, 1.82) is 0 Å². The number of carbonyl (C=O) groups excluding carboxylic acids is 1. The summed E-state index contributed by atoms with van der Waals surface area (Å²) >= 11 is 4.39. The van der Waals surface area contributed by atoms with Crippen LogP contribution in [0.4, 0.5) is 0 Å². The third kappa shape index (κ3) is 3.71. The van der Waals surface area contributed by atoms with E-state index in [4.69, 9.17) is 4.74 Å². The predicted octanol–water partition coefficient (Wildman–Crippen LogP) is 5.21. The molecular weight excluding hydrogens is 469 g/mol. The van der Waals surface area contributed by atoms with Crippen LogP contribution in [0.2, 0.25) is 0 Å². The second-order valence-corrected chi connectivity index (χ2v) is 16.2. The van der Waals surface area contributed by atoms with Gasteiger partial charge in [0.25, 0.3) is 0 Å². The van der Waals surface area contributed by atoms with Gasteiger partial charge in [-0.2, -0.15) is 0 Å². The van der Waals surface area contributed by atoms with Crippen LogP contribution in [-0.2, 0) is 10.9 Å². The average Bonchev–Trinajstić information content (AvgIpc) is 2.85. The maximum atomic E-state index is 12.9. The maximum absolute atomic E-state index is 12.9. The minimum absolute atomic E-state index is 0.350. The molecule has 0 radical (unpaired) electrons. The predicted molar refractivity (Wildman–Crippen MR) is 133 cm³/mol. The van der Waals surface area contributed by atoms with Gasteiger partial charge in [-0.1, -0.05) is 0 Å². The van der Waals surface area contributed by atoms with E-state index in [1.807, 2.05) is 85.1 Å². The van der Waals surface area contributed by atoms with Crippen molar-refractivity contribution < 1.29 is 9.53 Å². The second-order valence-electron chi connectivity index (χ2n) is 7.34. The van der Waals surface area contributed by atoms with E-state index in [2.05, 4.69) is 44.7 Å². The summed E-state index contributed by atoms with van der Waals surface area (Å²) in [5, 5.41) is -0.175. The molecule has 0 unspecified atom stereocenters. The Bertz CT molecular complexity index is 1140. The summed E-state index contributed by atoms with van der Waals surface area (Å²) in [5.74, 6) is -0.350. The van der Waals surface area contributed by atoms with Crippen molar-refractivity contribution in [3.63, 3.8) is 0 Å². The Hall–Kier alpha value is -2.81. The number of carbonyl (C=O) groups is 1. The summed E-state index contributed by atoms with van der Waals surface area (Å²) < 4.78 is 5.18. The van der Waals surface area contributed by atoms with Crippen LogP contribution in [0.15, 0.2) is 109 Å². The Kier molecular flexibility index (Phi) is 6.04. The number of benzene rings is 3. The number of hydrogen-bond donors (Lipinski definition) is 0. The fourth-order valence-corrected chi connectivity index (χ4v) is 12.1. The Morgan fingerprint density at radius 2 is 1.35 bits per heavy atom. The number of methoxy groups -OCH3 is 1. The monoisotopic (exact) mass is 491 g/mol. The van der Waals surface area contributed by atoms with Gasteiger partial charge >= 0.3 is 191 Å². The molecule has 0 aliphatic carbocycles. The van der Waals surface area contributed by atoms with Gasteiger partial charge in [0.15, 0.2) is 0 Å². The van der Waals surface area contributed by atoms with Crippen molar-refractivity contribution in [3.8, 4) is 0 Å². The molecule has 0 aliphatic rings. The minimum atomic E-state index is -3.36. The summed E-state index contributed by atoms with van der Waals surface area (Å²) in [5.41, 5.74) is 1.51. The molecule has 4 aromatic rings. The molecule has 0 atom stereocenters. The first-order chi connectivity index (χ1) is 15.1. The second kappa shape index (κ2) is 8.74. The van der Waals surface area contributed by atoms with E-state index in [1.54, 1.807) is 0 Å². The quantitative estimate of drug-likeness (QED) is 0.274. The Labute approximate surface area is 190 Å². The molecule has 3 aromatic carbocycles. The molecule has 0 saturated carbocycles. The molecule has 3 nitrogen and oxygen atoms in total. The molecule has 0 N–H and O–H groups in total. The van der Waals surface area contributed by atoms with Gasteiger partial charge in [0.05, 0.1) is 0 Å². The number of aromatic nitrogens is 1. The fraction of sp³-hybridized carbons (Fsp3) is 0.0769. The van der Waals surface area contributed by atoms with Crippen molar-refractivity contribution in [2.75, 3.05) is 7.11 Å². The van der Waals surface area contributed by atoms with E-state index >= 15 is 0 Å². The summed E-state index contributed by atoms with van der Waals surface area (Å²) in [7, 11) is 1.42. The Morgan fingerprint density at radius 1 is 0.806 bits per heavy atom. The van der Waals surface area contributed by atoms with E-state index in [1.165, 1.54) is 7.11 Å². The molecule has 1 heterocycles. The number of rotatable bonds is 6. The van der Waals surface area contributed by atoms with Gasteiger partial charge in [0.1, 0.15) is 0 Å². The van der Waals surface area contributed by atoms with Crippen LogP contribution < -0.4 is 15.9 Å². The van der Waals surface area contributed by atoms with Crippen molar-refractivity contribution in [1.82, 2.24) is 4.98 Å². The number of hydrogen-bond acceptors (Lipinski definition) is 3. The first-order valence-corrected chi connectivity index (χ1v) is 14.4. The molecule has 0 bridgehead atoms. The molecule has 4 rings (SSSR count). The third-order valence-corrected chi connectivity index (χ3v) is 15.0. The summed E-state index contributed by atoms with van der Waals surface area (Å²) in [6.07, 6.45) is 2.43. The molecule has 1 aromatic heterocycles. The van der Waals surface area contributed by atoms with Crippen molar-refractivity contribution in [2.45, 2.75) is 6.16 Å². The van der Waals surface area contributed by atoms with Gasteiger partial charge in [0.2, 0.25) is 0 Å². The number of esters is 1. The van der Waals surface area contributed by atoms with Crippen LogP contribution in [0.1, 0.15) is 16.1 Å². The van der Waals surface area contributed by atoms with Gasteiger partial charge in [-0.15, -0.1) is 0 Å². The summed E-state index contributed by atoms with van der Waals surface area (Å²) in [6.45, 7) is 0. The van der Waals surface area contributed by atoms with Gasteiger partial charge in [-0.05, 0) is 0 Å². The van der Waals surface area contributed by atoms with Crippen LogP contribution in [0.5, 0.6) is 0 Å². The molecule has 31 heavy (non-hydrogen) atoms. The zero-order valence-corrected chi connectivity index (χ0v) is 19.7. The molecule has 0 aliphatic heterocycles. The third-order valence-electron chi connectivity index (χ3n) is 5.59. The first kappa shape index (κ1) is 21.4. The molecule has 0 fully saturated rings. The Balaban J connectivity index is 2.16. The van der Waals surface area contributed by atoms with Crippen LogP contribution in [-0.4, -0.2) is 18.1 Å². The first-order valence-electron chi connectivity index (χ1n) is 10.00. The SMILES string of the molecule is COC(=O)c1ccccc1P(Br)(Cc1ccccn1)(c1ccccc1)c1ccccc1. The zero-order chi connectivity index (χ0) is 21.8. The molecule has 0 saturated heterocycles.